The predicted molar refractivity (Wildman–Crippen MR) is 72.3 cm³/mol. The molecule has 20 heavy (non-hydrogen) atoms. The van der Waals surface area contributed by atoms with E-state index in [1.54, 1.807) is 29.5 Å². The fourth-order valence-electron chi connectivity index (χ4n) is 2.11. The molecular weight excluding hydrogens is 258 g/mol. The van der Waals surface area contributed by atoms with Crippen molar-refractivity contribution in [2.24, 2.45) is 10.3 Å². The second-order valence-electron chi connectivity index (χ2n) is 4.33. The number of nitrogens with zero attached hydrogens (tertiary/aromatic N) is 5. The minimum Gasteiger partial charge on any atom is -0.265 e. The summed E-state index contributed by atoms with van der Waals surface area (Å²) in [7, 11) is 0. The van der Waals surface area contributed by atoms with Crippen LogP contribution in [-0.2, 0) is 0 Å². The van der Waals surface area contributed by atoms with Crippen molar-refractivity contribution in [1.29, 1.82) is 0 Å². The molecule has 0 fully saturated rings. The lowest BCUT2D eigenvalue weighted by Gasteiger charge is -2.21. The highest BCUT2D eigenvalue weighted by molar-refractivity contribution is 5.52. The Hall–Kier alpha value is -2.83. The number of nitro groups is 1. The lowest BCUT2D eigenvalue weighted by molar-refractivity contribution is -0.384. The van der Waals surface area contributed by atoms with Crippen LogP contribution in [0.2, 0.25) is 0 Å². The first kappa shape index (κ1) is 12.2. The Balaban J connectivity index is 1.88. The van der Waals surface area contributed by atoms with Crippen LogP contribution in [0.5, 0.6) is 0 Å². The number of non-ortho nitro benzene ring substituents is 1. The summed E-state index contributed by atoms with van der Waals surface area (Å²) < 4.78 is 0. The number of nitro benzene ring substituents is 1. The lowest BCUT2D eigenvalue weighted by Crippen LogP contribution is -2.20. The summed E-state index contributed by atoms with van der Waals surface area (Å²) in [5.41, 5.74) is 1.90. The van der Waals surface area contributed by atoms with Crippen LogP contribution in [0.25, 0.3) is 0 Å². The molecule has 1 atom stereocenters. The number of hydrogen-bond donors (Lipinski definition) is 0. The van der Waals surface area contributed by atoms with Crippen molar-refractivity contribution >= 4 is 11.4 Å². The van der Waals surface area contributed by atoms with E-state index in [0.717, 1.165) is 11.3 Å². The first-order valence-electron chi connectivity index (χ1n) is 6.07. The third-order valence-electron chi connectivity index (χ3n) is 3.13. The molecule has 2 aromatic rings. The lowest BCUT2D eigenvalue weighted by atomic mass is 10.1. The van der Waals surface area contributed by atoms with Crippen molar-refractivity contribution < 1.29 is 4.92 Å². The van der Waals surface area contributed by atoms with E-state index in [4.69, 9.17) is 0 Å². The highest BCUT2D eigenvalue weighted by atomic mass is 16.6. The van der Waals surface area contributed by atoms with E-state index >= 15 is 0 Å². The monoisotopic (exact) mass is 269 g/mol. The van der Waals surface area contributed by atoms with Crippen LogP contribution in [0.1, 0.15) is 11.6 Å². The highest BCUT2D eigenvalue weighted by Gasteiger charge is 2.25. The van der Waals surface area contributed by atoms with Gasteiger partial charge in [-0.25, -0.2) is 5.01 Å². The van der Waals surface area contributed by atoms with Crippen LogP contribution in [-0.4, -0.2) is 16.5 Å². The minimum atomic E-state index is -0.421. The average Bonchev–Trinajstić information content (AvgIpc) is 2.97. The maximum Gasteiger partial charge on any atom is 0.269 e. The molecular formula is C13H11N5O2. The Morgan fingerprint density at radius 1 is 1.15 bits per heavy atom. The van der Waals surface area contributed by atoms with Gasteiger partial charge in [-0.1, -0.05) is 5.22 Å². The van der Waals surface area contributed by atoms with Crippen molar-refractivity contribution in [1.82, 2.24) is 4.98 Å². The summed E-state index contributed by atoms with van der Waals surface area (Å²) in [5, 5.41) is 20.6. The van der Waals surface area contributed by atoms with E-state index in [9.17, 15) is 10.1 Å². The predicted octanol–water partition coefficient (Wildman–Crippen LogP) is 2.92. The molecule has 0 amide bonds. The maximum absolute atomic E-state index is 10.7. The average molecular weight is 269 g/mol. The third kappa shape index (κ3) is 2.20. The molecule has 2 heterocycles. The Kier molecular flexibility index (Phi) is 3.08. The molecule has 100 valence electrons. The second kappa shape index (κ2) is 5.04. The Morgan fingerprint density at radius 2 is 1.85 bits per heavy atom. The van der Waals surface area contributed by atoms with Gasteiger partial charge in [-0.15, -0.1) is 0 Å². The molecule has 3 rings (SSSR count). The Labute approximate surface area is 114 Å². The van der Waals surface area contributed by atoms with E-state index < -0.39 is 4.92 Å². The van der Waals surface area contributed by atoms with Crippen LogP contribution in [0.3, 0.4) is 0 Å². The largest absolute Gasteiger partial charge is 0.269 e. The van der Waals surface area contributed by atoms with Crippen molar-refractivity contribution in [2.45, 2.75) is 6.04 Å². The number of hydrogen-bond acceptors (Lipinski definition) is 6. The Bertz CT molecular complexity index is 642. The van der Waals surface area contributed by atoms with Crippen molar-refractivity contribution in [3.8, 4) is 0 Å². The van der Waals surface area contributed by atoms with Crippen LogP contribution >= 0.6 is 0 Å². The zero-order valence-corrected chi connectivity index (χ0v) is 10.5. The van der Waals surface area contributed by atoms with Gasteiger partial charge >= 0.3 is 0 Å². The fraction of sp³-hybridized carbons (Fsp3) is 0.154. The zero-order valence-electron chi connectivity index (χ0n) is 10.5. The first-order valence-corrected chi connectivity index (χ1v) is 6.07. The van der Waals surface area contributed by atoms with Crippen LogP contribution < -0.4 is 5.01 Å². The molecule has 0 bridgehead atoms. The topological polar surface area (TPSA) is 84.0 Å². The van der Waals surface area contributed by atoms with Crippen LogP contribution in [0, 0.1) is 10.1 Å². The van der Waals surface area contributed by atoms with Gasteiger partial charge in [0.2, 0.25) is 0 Å². The van der Waals surface area contributed by atoms with Gasteiger partial charge in [0.05, 0.1) is 17.2 Å². The molecule has 7 heteroatoms. The number of rotatable bonds is 3. The quantitative estimate of drug-likeness (QED) is 0.633. The maximum atomic E-state index is 10.7. The van der Waals surface area contributed by atoms with Gasteiger partial charge < -0.3 is 0 Å². The van der Waals surface area contributed by atoms with E-state index in [-0.39, 0.29) is 11.7 Å². The summed E-state index contributed by atoms with van der Waals surface area (Å²) in [4.78, 5) is 14.2. The summed E-state index contributed by atoms with van der Waals surface area (Å²) in [6.07, 6.45) is 3.45. The standard InChI is InChI=1S/C13H11N5O2/c19-18(20)12-3-1-11(2-4-12)17-13(9-15-16-17)10-5-7-14-8-6-10/h1-8,13H,9H2. The number of aromatic nitrogens is 1. The summed E-state index contributed by atoms with van der Waals surface area (Å²) in [6.45, 7) is 0.557. The van der Waals surface area contributed by atoms with Crippen LogP contribution in [0.4, 0.5) is 11.4 Å². The zero-order chi connectivity index (χ0) is 13.9. The summed E-state index contributed by atoms with van der Waals surface area (Å²) in [5.74, 6) is 0. The van der Waals surface area contributed by atoms with Gasteiger partial charge in [0, 0.05) is 24.5 Å². The van der Waals surface area contributed by atoms with Crippen LogP contribution in [0.15, 0.2) is 59.1 Å². The smallest absolute Gasteiger partial charge is 0.265 e. The number of benzene rings is 1. The SMILES string of the molecule is O=[N+]([O-])c1ccc(N2N=NCC2c2ccncc2)cc1. The van der Waals surface area contributed by atoms with Crippen molar-refractivity contribution in [2.75, 3.05) is 11.6 Å². The summed E-state index contributed by atoms with van der Waals surface area (Å²) >= 11 is 0. The van der Waals surface area contributed by atoms with Gasteiger partial charge in [-0.05, 0) is 29.8 Å². The molecule has 0 N–H and O–H groups in total. The number of pyridine rings is 1. The fourth-order valence-corrected chi connectivity index (χ4v) is 2.11. The van der Waals surface area contributed by atoms with Gasteiger partial charge in [-0.3, -0.25) is 15.1 Å². The van der Waals surface area contributed by atoms with E-state index in [1.807, 2.05) is 12.1 Å². The molecule has 0 radical (unpaired) electrons. The van der Waals surface area contributed by atoms with E-state index in [1.165, 1.54) is 12.1 Å². The molecule has 1 unspecified atom stereocenters. The Morgan fingerprint density at radius 3 is 2.50 bits per heavy atom. The van der Waals surface area contributed by atoms with Gasteiger partial charge in [-0.2, -0.15) is 5.11 Å². The highest BCUT2D eigenvalue weighted by Crippen LogP contribution is 2.32. The third-order valence-corrected chi connectivity index (χ3v) is 3.13. The molecule has 0 spiro atoms. The van der Waals surface area contributed by atoms with Gasteiger partial charge in [0.25, 0.3) is 5.69 Å². The molecule has 0 saturated carbocycles. The summed E-state index contributed by atoms with van der Waals surface area (Å²) in [6, 6.07) is 10.1. The van der Waals surface area contributed by atoms with Gasteiger partial charge in [0.15, 0.2) is 0 Å². The molecule has 1 aliphatic rings. The normalized spacial score (nSPS) is 17.4. The minimum absolute atomic E-state index is 0.000504. The first-order chi connectivity index (χ1) is 9.75. The number of anilines is 1. The molecule has 7 nitrogen and oxygen atoms in total. The van der Waals surface area contributed by atoms with Crippen molar-refractivity contribution in [3.05, 3.63) is 64.5 Å². The van der Waals surface area contributed by atoms with Crippen molar-refractivity contribution in [3.63, 3.8) is 0 Å². The second-order valence-corrected chi connectivity index (χ2v) is 4.33. The molecule has 1 aromatic heterocycles. The molecule has 0 saturated heterocycles. The van der Waals surface area contributed by atoms with Gasteiger partial charge in [0.1, 0.15) is 6.04 Å². The molecule has 1 aromatic carbocycles. The molecule has 0 aliphatic carbocycles. The molecule has 1 aliphatic heterocycles. The van der Waals surface area contributed by atoms with E-state index in [0.29, 0.717) is 6.54 Å². The van der Waals surface area contributed by atoms with E-state index in [2.05, 4.69) is 15.3 Å².